The van der Waals surface area contributed by atoms with Crippen molar-refractivity contribution in [3.63, 3.8) is 0 Å². The Morgan fingerprint density at radius 1 is 1.56 bits per heavy atom. The Labute approximate surface area is 123 Å². The highest BCUT2D eigenvalue weighted by atomic mass is 127. The van der Waals surface area contributed by atoms with Crippen molar-refractivity contribution in [3.8, 4) is 0 Å². The van der Waals surface area contributed by atoms with Crippen LogP contribution in [0.4, 0.5) is 16.2 Å². The number of nitrogens with zero attached hydrogens (tertiary/aromatic N) is 1. The molecule has 3 rings (SSSR count). The Hall–Kier alpha value is -0.890. The molecule has 0 aromatic heterocycles. The molecule has 0 bridgehead atoms. The second kappa shape index (κ2) is 5.00. The van der Waals surface area contributed by atoms with Gasteiger partial charge < -0.3 is 10.1 Å². The summed E-state index contributed by atoms with van der Waals surface area (Å²) in [4.78, 5) is 14.6. The van der Waals surface area contributed by atoms with Crippen LogP contribution in [0.2, 0.25) is 0 Å². The van der Waals surface area contributed by atoms with E-state index in [1.165, 1.54) is 4.90 Å². The molecule has 1 fully saturated rings. The molecule has 2 aliphatic heterocycles. The van der Waals surface area contributed by atoms with Crippen molar-refractivity contribution < 1.29 is 9.53 Å². The third kappa shape index (κ3) is 2.18. The second-order valence-electron chi connectivity index (χ2n) is 4.02. The summed E-state index contributed by atoms with van der Waals surface area (Å²) in [6.07, 6.45) is 1.64. The Morgan fingerprint density at radius 2 is 2.44 bits per heavy atom. The van der Waals surface area contributed by atoms with Crippen molar-refractivity contribution >= 4 is 51.8 Å². The van der Waals surface area contributed by atoms with Crippen LogP contribution in [0, 0.1) is 0 Å². The number of fused-ring (bicyclic) bond motifs is 1. The Bertz CT molecular complexity index is 521. The molecule has 94 valence electrons. The molecule has 6 heteroatoms. The standard InChI is InChI=1S/C12H11IN2O2S/c13-6-9-7-15(12(16)17-9)8-1-2-11-10(5-8)14-3-4-18-11/h1-5,9,14H,6-7H2/t9-/m1/s1. The van der Waals surface area contributed by atoms with Gasteiger partial charge in [-0.2, -0.15) is 0 Å². The van der Waals surface area contributed by atoms with Gasteiger partial charge in [0.2, 0.25) is 0 Å². The maximum Gasteiger partial charge on any atom is 0.414 e. The molecule has 1 atom stereocenters. The molecule has 1 aromatic rings. The minimum absolute atomic E-state index is 0.00337. The molecule has 1 saturated heterocycles. The van der Waals surface area contributed by atoms with Crippen molar-refractivity contribution in [3.05, 3.63) is 29.8 Å². The quantitative estimate of drug-likeness (QED) is 0.636. The third-order valence-electron chi connectivity index (χ3n) is 2.82. The largest absolute Gasteiger partial charge is 0.443 e. The molecule has 4 nitrogen and oxygen atoms in total. The number of rotatable bonds is 2. The lowest BCUT2D eigenvalue weighted by atomic mass is 10.2. The van der Waals surface area contributed by atoms with Gasteiger partial charge in [-0.25, -0.2) is 4.79 Å². The van der Waals surface area contributed by atoms with Crippen LogP contribution >= 0.6 is 34.4 Å². The van der Waals surface area contributed by atoms with Crippen LogP contribution in [0.3, 0.4) is 0 Å². The zero-order valence-electron chi connectivity index (χ0n) is 9.43. The topological polar surface area (TPSA) is 41.6 Å². The van der Waals surface area contributed by atoms with E-state index in [2.05, 4.69) is 27.9 Å². The number of thioether (sulfide) groups is 1. The van der Waals surface area contributed by atoms with Crippen LogP contribution in [0.5, 0.6) is 0 Å². The van der Waals surface area contributed by atoms with Gasteiger partial charge in [0.05, 0.1) is 12.2 Å². The fourth-order valence-corrected chi connectivity index (χ4v) is 3.08. The number of anilines is 2. The van der Waals surface area contributed by atoms with Crippen LogP contribution in [-0.2, 0) is 4.74 Å². The normalized spacial score (nSPS) is 21.5. The number of cyclic esters (lactones) is 1. The van der Waals surface area contributed by atoms with Gasteiger partial charge in [0.25, 0.3) is 0 Å². The molecule has 0 radical (unpaired) electrons. The lowest BCUT2D eigenvalue weighted by Crippen LogP contribution is -2.24. The summed E-state index contributed by atoms with van der Waals surface area (Å²) in [6.45, 7) is 0.629. The summed E-state index contributed by atoms with van der Waals surface area (Å²) < 4.78 is 6.08. The first-order chi connectivity index (χ1) is 8.78. The summed E-state index contributed by atoms with van der Waals surface area (Å²) >= 11 is 3.90. The monoisotopic (exact) mass is 374 g/mol. The number of ether oxygens (including phenoxy) is 1. The number of halogens is 1. The molecule has 0 saturated carbocycles. The minimum Gasteiger partial charge on any atom is -0.443 e. The zero-order chi connectivity index (χ0) is 12.5. The fourth-order valence-electron chi connectivity index (χ4n) is 1.95. The molecule has 18 heavy (non-hydrogen) atoms. The van der Waals surface area contributed by atoms with Gasteiger partial charge in [-0.1, -0.05) is 34.4 Å². The average molecular weight is 374 g/mol. The second-order valence-corrected chi connectivity index (χ2v) is 5.84. The summed E-state index contributed by atoms with van der Waals surface area (Å²) in [5.74, 6) is 0. The van der Waals surface area contributed by atoms with Crippen LogP contribution in [-0.4, -0.2) is 23.2 Å². The lowest BCUT2D eigenvalue weighted by Gasteiger charge is -2.17. The van der Waals surface area contributed by atoms with E-state index < -0.39 is 0 Å². The van der Waals surface area contributed by atoms with Crippen LogP contribution in [0.1, 0.15) is 0 Å². The van der Waals surface area contributed by atoms with Gasteiger partial charge in [-0.05, 0) is 23.6 Å². The molecule has 0 unspecified atom stereocenters. The van der Waals surface area contributed by atoms with Crippen molar-refractivity contribution in [1.82, 2.24) is 0 Å². The number of alkyl halides is 1. The smallest absolute Gasteiger partial charge is 0.414 e. The number of amides is 1. The van der Waals surface area contributed by atoms with Crippen molar-refractivity contribution in [1.29, 1.82) is 0 Å². The van der Waals surface area contributed by atoms with E-state index in [0.29, 0.717) is 6.54 Å². The van der Waals surface area contributed by atoms with Crippen LogP contribution in [0.15, 0.2) is 34.7 Å². The highest BCUT2D eigenvalue weighted by molar-refractivity contribution is 14.1. The van der Waals surface area contributed by atoms with Gasteiger partial charge in [-0.3, -0.25) is 4.90 Å². The van der Waals surface area contributed by atoms with E-state index >= 15 is 0 Å². The summed E-state index contributed by atoms with van der Waals surface area (Å²) in [7, 11) is 0. The molecule has 1 N–H and O–H groups in total. The highest BCUT2D eigenvalue weighted by Gasteiger charge is 2.31. The summed E-state index contributed by atoms with van der Waals surface area (Å²) in [6, 6.07) is 5.97. The van der Waals surface area contributed by atoms with Gasteiger partial charge in [-0.15, -0.1) is 0 Å². The van der Waals surface area contributed by atoms with Crippen LogP contribution in [0.25, 0.3) is 0 Å². The maximum absolute atomic E-state index is 11.8. The first kappa shape index (κ1) is 12.2. The number of carbonyl (C=O) groups excluding carboxylic acids is 1. The van der Waals surface area contributed by atoms with E-state index in [1.807, 2.05) is 29.8 Å². The SMILES string of the molecule is O=C1O[C@H](CI)CN1c1ccc2c(c1)NC=CS2. The van der Waals surface area contributed by atoms with Gasteiger partial charge >= 0.3 is 6.09 Å². The molecule has 2 aliphatic rings. The Morgan fingerprint density at radius 3 is 3.22 bits per heavy atom. The molecule has 0 aliphatic carbocycles. The minimum atomic E-state index is -0.254. The Balaban J connectivity index is 1.87. The lowest BCUT2D eigenvalue weighted by molar-refractivity contribution is 0.153. The number of hydrogen-bond acceptors (Lipinski definition) is 4. The average Bonchev–Trinajstić information content (AvgIpc) is 2.79. The molecule has 2 heterocycles. The van der Waals surface area contributed by atoms with Crippen LogP contribution < -0.4 is 10.2 Å². The van der Waals surface area contributed by atoms with E-state index in [9.17, 15) is 4.79 Å². The van der Waals surface area contributed by atoms with E-state index in [1.54, 1.807) is 16.7 Å². The van der Waals surface area contributed by atoms with Crippen molar-refractivity contribution in [2.45, 2.75) is 11.0 Å². The third-order valence-corrected chi connectivity index (χ3v) is 4.69. The highest BCUT2D eigenvalue weighted by Crippen LogP contribution is 2.35. The Kier molecular flexibility index (Phi) is 3.38. The summed E-state index contributed by atoms with van der Waals surface area (Å²) in [5.41, 5.74) is 1.92. The maximum atomic E-state index is 11.8. The van der Waals surface area contributed by atoms with Gasteiger partial charge in [0.15, 0.2) is 0 Å². The molecular formula is C12H11IN2O2S. The fraction of sp³-hybridized carbons (Fsp3) is 0.250. The van der Waals surface area contributed by atoms with Crippen molar-refractivity contribution in [2.24, 2.45) is 0 Å². The predicted octanol–water partition coefficient (Wildman–Crippen LogP) is 3.44. The first-order valence-corrected chi connectivity index (χ1v) is 7.95. The zero-order valence-corrected chi connectivity index (χ0v) is 12.4. The van der Waals surface area contributed by atoms with E-state index in [-0.39, 0.29) is 12.2 Å². The van der Waals surface area contributed by atoms with E-state index in [4.69, 9.17) is 4.74 Å². The molecule has 1 aromatic carbocycles. The molecule has 0 spiro atoms. The molecule has 1 amide bonds. The molecular weight excluding hydrogens is 363 g/mol. The predicted molar refractivity (Wildman–Crippen MR) is 81.6 cm³/mol. The number of benzene rings is 1. The van der Waals surface area contributed by atoms with E-state index in [0.717, 1.165) is 15.8 Å². The number of hydrogen-bond donors (Lipinski definition) is 1. The first-order valence-electron chi connectivity index (χ1n) is 5.54. The number of nitrogens with one attached hydrogen (secondary N) is 1. The summed E-state index contributed by atoms with van der Waals surface area (Å²) in [5, 5.41) is 5.18. The van der Waals surface area contributed by atoms with Gasteiger partial charge in [0.1, 0.15) is 6.10 Å². The van der Waals surface area contributed by atoms with Crippen molar-refractivity contribution in [2.75, 3.05) is 21.2 Å². The van der Waals surface area contributed by atoms with Gasteiger partial charge in [0, 0.05) is 21.2 Å². The number of carbonyl (C=O) groups is 1.